The molecule has 2 atom stereocenters. The zero-order valence-electron chi connectivity index (χ0n) is 22.0. The maximum Gasteiger partial charge on any atom is 0.226 e. The third-order valence-electron chi connectivity index (χ3n) is 7.03. The van der Waals surface area contributed by atoms with Crippen molar-refractivity contribution in [3.63, 3.8) is 0 Å². The number of methoxy groups -OCH3 is 1. The van der Waals surface area contributed by atoms with Crippen LogP contribution in [0.5, 0.6) is 5.75 Å². The third-order valence-corrected chi connectivity index (χ3v) is 7.38. The molecule has 1 amide bonds. The van der Waals surface area contributed by atoms with Crippen LogP contribution in [-0.2, 0) is 4.79 Å². The normalized spacial score (nSPS) is 16.7. The van der Waals surface area contributed by atoms with Crippen LogP contribution in [0, 0.1) is 19.7 Å². The highest BCUT2D eigenvalue weighted by Crippen LogP contribution is 2.41. The van der Waals surface area contributed by atoms with Gasteiger partial charge in [-0.05, 0) is 98.4 Å². The summed E-state index contributed by atoms with van der Waals surface area (Å²) in [5.41, 5.74) is 5.72. The molecule has 1 fully saturated rings. The number of amides is 1. The van der Waals surface area contributed by atoms with Gasteiger partial charge in [-0.2, -0.15) is 0 Å². The summed E-state index contributed by atoms with van der Waals surface area (Å²) in [7, 11) is 1.65. The Morgan fingerprint density at radius 3 is 2.51 bits per heavy atom. The molecule has 0 spiro atoms. The van der Waals surface area contributed by atoms with Gasteiger partial charge < -0.3 is 24.8 Å². The van der Waals surface area contributed by atoms with Crippen molar-refractivity contribution in [1.29, 1.82) is 0 Å². The molecule has 1 aliphatic heterocycles. The number of hydrogen-bond donors (Lipinski definition) is 2. The molecule has 200 valence electrons. The van der Waals surface area contributed by atoms with Crippen LogP contribution in [0.4, 0.5) is 10.1 Å². The fraction of sp³-hybridized carbons (Fsp3) is 0.233. The number of pyridine rings is 1. The molecule has 39 heavy (non-hydrogen) atoms. The molecule has 0 radical (unpaired) electrons. The lowest BCUT2D eigenvalue weighted by molar-refractivity contribution is -0.116. The Morgan fingerprint density at radius 1 is 1.10 bits per heavy atom. The van der Waals surface area contributed by atoms with E-state index in [4.69, 9.17) is 17.0 Å². The molecule has 0 saturated carbocycles. The first-order chi connectivity index (χ1) is 18.9. The van der Waals surface area contributed by atoms with Crippen molar-refractivity contribution in [2.75, 3.05) is 19.0 Å². The second-order valence-corrected chi connectivity index (χ2v) is 9.87. The summed E-state index contributed by atoms with van der Waals surface area (Å²) in [4.78, 5) is 19.5. The Kier molecular flexibility index (Phi) is 7.60. The van der Waals surface area contributed by atoms with Crippen LogP contribution in [0.15, 0.2) is 79.0 Å². The van der Waals surface area contributed by atoms with Crippen molar-refractivity contribution in [1.82, 2.24) is 19.8 Å². The van der Waals surface area contributed by atoms with Crippen LogP contribution >= 0.6 is 12.2 Å². The number of rotatable bonds is 8. The van der Waals surface area contributed by atoms with Gasteiger partial charge in [-0.15, -0.1) is 0 Å². The lowest BCUT2D eigenvalue weighted by Gasteiger charge is -2.28. The molecule has 4 aromatic rings. The SMILES string of the molecule is COc1ccc(-n2c(C)cc([C@H]3[C@H](c4ccccn4)NC(=S)N3CCC(=O)Nc3ccc(F)cc3)c2C)cc1. The van der Waals surface area contributed by atoms with E-state index in [0.29, 0.717) is 17.3 Å². The quantitative estimate of drug-likeness (QED) is 0.281. The number of carbonyl (C=O) groups excluding carboxylic acids is 1. The predicted octanol–water partition coefficient (Wildman–Crippen LogP) is 5.64. The van der Waals surface area contributed by atoms with Gasteiger partial charge in [0.25, 0.3) is 0 Å². The van der Waals surface area contributed by atoms with Gasteiger partial charge >= 0.3 is 0 Å². The molecule has 3 heterocycles. The van der Waals surface area contributed by atoms with Crippen molar-refractivity contribution in [2.45, 2.75) is 32.4 Å². The lowest BCUT2D eigenvalue weighted by Crippen LogP contribution is -2.32. The van der Waals surface area contributed by atoms with Crippen molar-refractivity contribution in [3.8, 4) is 11.4 Å². The summed E-state index contributed by atoms with van der Waals surface area (Å²) in [6.07, 6.45) is 1.98. The number of nitrogens with zero attached hydrogens (tertiary/aromatic N) is 3. The standard InChI is InChI=1S/C30H30FN5O2S/c1-19-18-25(20(2)36(19)23-11-13-24(38-3)14-12-23)29-28(26-6-4-5-16-32-26)34-30(39)35(29)17-15-27(37)33-22-9-7-21(31)8-10-22/h4-14,16,18,28-29H,15,17H2,1-3H3,(H,33,37)(H,34,39)/t28-,29-/m0/s1. The van der Waals surface area contributed by atoms with E-state index in [1.807, 2.05) is 42.5 Å². The summed E-state index contributed by atoms with van der Waals surface area (Å²) in [6.45, 7) is 4.58. The predicted molar refractivity (Wildman–Crippen MR) is 154 cm³/mol. The molecule has 9 heteroatoms. The Balaban J connectivity index is 1.45. The first-order valence-electron chi connectivity index (χ1n) is 12.7. The monoisotopic (exact) mass is 543 g/mol. The molecule has 2 aromatic carbocycles. The lowest BCUT2D eigenvalue weighted by atomic mass is 9.96. The maximum atomic E-state index is 13.3. The van der Waals surface area contributed by atoms with Gasteiger partial charge in [-0.1, -0.05) is 6.07 Å². The van der Waals surface area contributed by atoms with Crippen LogP contribution in [0.3, 0.4) is 0 Å². The average Bonchev–Trinajstić information content (AvgIpc) is 3.43. The first kappa shape index (κ1) is 26.4. The number of nitrogens with one attached hydrogen (secondary N) is 2. The number of aryl methyl sites for hydroxylation is 1. The van der Waals surface area contributed by atoms with Crippen molar-refractivity contribution in [2.24, 2.45) is 0 Å². The topological polar surface area (TPSA) is 71.4 Å². The van der Waals surface area contributed by atoms with E-state index in [2.05, 4.69) is 45.0 Å². The molecule has 0 aliphatic carbocycles. The van der Waals surface area contributed by atoms with E-state index in [1.54, 1.807) is 25.4 Å². The van der Waals surface area contributed by atoms with Crippen LogP contribution in [0.2, 0.25) is 0 Å². The molecule has 0 bridgehead atoms. The molecule has 0 unspecified atom stereocenters. The van der Waals surface area contributed by atoms with Crippen LogP contribution in [-0.4, -0.2) is 39.1 Å². The largest absolute Gasteiger partial charge is 0.497 e. The molecular formula is C30H30FN5O2S. The zero-order chi connectivity index (χ0) is 27.5. The minimum absolute atomic E-state index is 0.173. The Hall–Kier alpha value is -4.24. The summed E-state index contributed by atoms with van der Waals surface area (Å²) >= 11 is 5.79. The molecule has 1 aliphatic rings. The zero-order valence-corrected chi connectivity index (χ0v) is 22.8. The summed E-state index contributed by atoms with van der Waals surface area (Å²) in [5.74, 6) is 0.275. The average molecular weight is 544 g/mol. The van der Waals surface area contributed by atoms with E-state index in [-0.39, 0.29) is 30.2 Å². The second kappa shape index (κ2) is 11.2. The number of halogens is 1. The number of anilines is 1. The van der Waals surface area contributed by atoms with Gasteiger partial charge in [0.05, 0.1) is 24.9 Å². The molecular weight excluding hydrogens is 513 g/mol. The summed E-state index contributed by atoms with van der Waals surface area (Å²) in [6, 6.07) is 21.3. The first-order valence-corrected chi connectivity index (χ1v) is 13.1. The fourth-order valence-corrected chi connectivity index (χ4v) is 5.51. The smallest absolute Gasteiger partial charge is 0.226 e. The fourth-order valence-electron chi connectivity index (χ4n) is 5.18. The van der Waals surface area contributed by atoms with Gasteiger partial charge in [-0.3, -0.25) is 9.78 Å². The number of benzene rings is 2. The molecule has 2 aromatic heterocycles. The van der Waals surface area contributed by atoms with E-state index in [9.17, 15) is 9.18 Å². The van der Waals surface area contributed by atoms with Crippen LogP contribution in [0.25, 0.3) is 5.69 Å². The Labute approximate surface area is 232 Å². The highest BCUT2D eigenvalue weighted by Gasteiger charge is 2.41. The van der Waals surface area contributed by atoms with E-state index in [0.717, 1.165) is 34.1 Å². The van der Waals surface area contributed by atoms with Gasteiger partial charge in [0.15, 0.2) is 5.11 Å². The van der Waals surface area contributed by atoms with E-state index in [1.165, 1.54) is 12.1 Å². The molecule has 5 rings (SSSR count). The Morgan fingerprint density at radius 2 is 1.85 bits per heavy atom. The van der Waals surface area contributed by atoms with Crippen molar-refractivity contribution in [3.05, 3.63) is 107 Å². The highest BCUT2D eigenvalue weighted by atomic mass is 32.1. The number of carbonyl (C=O) groups is 1. The minimum Gasteiger partial charge on any atom is -0.497 e. The number of thiocarbonyl (C=S) groups is 1. The van der Waals surface area contributed by atoms with Crippen LogP contribution < -0.4 is 15.4 Å². The summed E-state index contributed by atoms with van der Waals surface area (Å²) in [5, 5.41) is 6.86. The maximum absolute atomic E-state index is 13.3. The van der Waals surface area contributed by atoms with E-state index >= 15 is 0 Å². The molecule has 7 nitrogen and oxygen atoms in total. The van der Waals surface area contributed by atoms with Crippen LogP contribution in [0.1, 0.15) is 41.1 Å². The summed E-state index contributed by atoms with van der Waals surface area (Å²) < 4.78 is 20.8. The highest BCUT2D eigenvalue weighted by molar-refractivity contribution is 7.80. The van der Waals surface area contributed by atoms with Gasteiger partial charge in [-0.25, -0.2) is 4.39 Å². The van der Waals surface area contributed by atoms with E-state index < -0.39 is 0 Å². The van der Waals surface area contributed by atoms with Gasteiger partial charge in [0.2, 0.25) is 5.91 Å². The van der Waals surface area contributed by atoms with Gasteiger partial charge in [0, 0.05) is 41.9 Å². The number of aromatic nitrogens is 2. The number of hydrogen-bond acceptors (Lipinski definition) is 4. The Bertz CT molecular complexity index is 1470. The minimum atomic E-state index is -0.350. The van der Waals surface area contributed by atoms with Gasteiger partial charge in [0.1, 0.15) is 11.6 Å². The van der Waals surface area contributed by atoms with Crippen molar-refractivity contribution < 1.29 is 13.9 Å². The second-order valence-electron chi connectivity index (χ2n) is 9.48. The number of ether oxygens (including phenoxy) is 1. The van der Waals surface area contributed by atoms with Crippen molar-refractivity contribution >= 4 is 28.9 Å². The molecule has 2 N–H and O–H groups in total. The third kappa shape index (κ3) is 5.49. The molecule has 1 saturated heterocycles.